The van der Waals surface area contributed by atoms with Crippen LogP contribution < -0.4 is 10.1 Å². The average Bonchev–Trinajstić information content (AvgIpc) is 2.46. The van der Waals surface area contributed by atoms with Gasteiger partial charge in [-0.15, -0.1) is 0 Å². The summed E-state index contributed by atoms with van der Waals surface area (Å²) in [6.07, 6.45) is 0.943. The van der Waals surface area contributed by atoms with E-state index in [-0.39, 0.29) is 12.0 Å². The van der Waals surface area contributed by atoms with Crippen LogP contribution in [0.5, 0.6) is 5.75 Å². The van der Waals surface area contributed by atoms with Crippen molar-refractivity contribution in [3.63, 3.8) is 0 Å². The molecule has 0 radical (unpaired) electrons. The Morgan fingerprint density at radius 2 is 1.95 bits per heavy atom. The number of ether oxygens (including phenoxy) is 1. The molecule has 1 aromatic rings. The molecule has 0 heterocycles. The quantitative estimate of drug-likeness (QED) is 0.805. The molecule has 4 nitrogen and oxygen atoms in total. The molecule has 0 spiro atoms. The normalized spacial score (nSPS) is 12.8. The first-order valence-electron chi connectivity index (χ1n) is 7.02. The fraction of sp³-hybridized carbons (Fsp3) is 0.562. The summed E-state index contributed by atoms with van der Waals surface area (Å²) in [4.78, 5) is 12.3. The number of hydrogen-bond acceptors (Lipinski definition) is 3. The number of benzene rings is 1. The third kappa shape index (κ3) is 4.23. The summed E-state index contributed by atoms with van der Waals surface area (Å²) in [5.41, 5.74) is 0.329. The lowest BCUT2D eigenvalue weighted by Crippen LogP contribution is -2.41. The average molecular weight is 279 g/mol. The number of carbonyl (C=O) groups excluding carboxylic acids is 1. The molecule has 0 aromatic heterocycles. The topological polar surface area (TPSA) is 58.6 Å². The molecule has 1 rings (SSSR count). The van der Waals surface area contributed by atoms with Gasteiger partial charge in [0, 0.05) is 6.54 Å². The molecule has 1 unspecified atom stereocenters. The summed E-state index contributed by atoms with van der Waals surface area (Å²) in [5.74, 6) is 0.738. The van der Waals surface area contributed by atoms with Crippen LogP contribution in [0.25, 0.3) is 0 Å². The first kappa shape index (κ1) is 16.5. The minimum absolute atomic E-state index is 0.0361. The predicted molar refractivity (Wildman–Crippen MR) is 79.9 cm³/mol. The first-order chi connectivity index (χ1) is 9.41. The van der Waals surface area contributed by atoms with Gasteiger partial charge < -0.3 is 15.2 Å². The number of carbonyl (C=O) groups is 1. The smallest absolute Gasteiger partial charge is 0.230 e. The fourth-order valence-electron chi connectivity index (χ4n) is 1.92. The van der Waals surface area contributed by atoms with Crippen molar-refractivity contribution in [3.05, 3.63) is 29.8 Å². The third-order valence-electron chi connectivity index (χ3n) is 3.61. The van der Waals surface area contributed by atoms with Crippen molar-refractivity contribution in [1.29, 1.82) is 0 Å². The van der Waals surface area contributed by atoms with Crippen LogP contribution in [-0.4, -0.2) is 30.8 Å². The second-order valence-corrected chi connectivity index (χ2v) is 5.46. The van der Waals surface area contributed by atoms with Crippen LogP contribution >= 0.6 is 0 Å². The summed E-state index contributed by atoms with van der Waals surface area (Å²) < 4.78 is 5.12. The zero-order valence-corrected chi connectivity index (χ0v) is 12.8. The van der Waals surface area contributed by atoms with Crippen LogP contribution in [0.1, 0.15) is 39.2 Å². The minimum Gasteiger partial charge on any atom is -0.497 e. The number of rotatable bonds is 7. The van der Waals surface area contributed by atoms with Gasteiger partial charge in [-0.3, -0.25) is 4.79 Å². The van der Waals surface area contributed by atoms with Gasteiger partial charge in [0.05, 0.1) is 18.6 Å². The molecular weight excluding hydrogens is 254 g/mol. The monoisotopic (exact) mass is 279 g/mol. The molecule has 0 saturated heterocycles. The SMILES string of the molecule is CCC(O)CCNC(=O)C(C)(C)c1ccc(OC)cc1. The number of hydrogen-bond donors (Lipinski definition) is 2. The third-order valence-corrected chi connectivity index (χ3v) is 3.61. The summed E-state index contributed by atoms with van der Waals surface area (Å²) >= 11 is 0. The van der Waals surface area contributed by atoms with Crippen molar-refractivity contribution < 1.29 is 14.6 Å². The Hall–Kier alpha value is -1.55. The van der Waals surface area contributed by atoms with Crippen molar-refractivity contribution in [2.24, 2.45) is 0 Å². The highest BCUT2D eigenvalue weighted by Gasteiger charge is 2.29. The van der Waals surface area contributed by atoms with E-state index in [1.807, 2.05) is 45.0 Å². The zero-order valence-electron chi connectivity index (χ0n) is 12.8. The zero-order chi connectivity index (χ0) is 15.2. The number of aliphatic hydroxyl groups is 1. The Bertz CT molecular complexity index is 426. The van der Waals surface area contributed by atoms with Crippen LogP contribution in [0.2, 0.25) is 0 Å². The summed E-state index contributed by atoms with van der Waals surface area (Å²) in [6, 6.07) is 7.51. The van der Waals surface area contributed by atoms with Gasteiger partial charge in [0.1, 0.15) is 5.75 Å². The molecule has 1 amide bonds. The van der Waals surface area contributed by atoms with E-state index in [1.165, 1.54) is 0 Å². The number of aliphatic hydroxyl groups excluding tert-OH is 1. The molecule has 0 saturated carbocycles. The molecule has 1 aromatic carbocycles. The van der Waals surface area contributed by atoms with Crippen LogP contribution in [-0.2, 0) is 10.2 Å². The highest BCUT2D eigenvalue weighted by molar-refractivity contribution is 5.87. The standard InChI is InChI=1S/C16H25NO3/c1-5-13(18)10-11-17-15(19)16(2,3)12-6-8-14(20-4)9-7-12/h6-9,13,18H,5,10-11H2,1-4H3,(H,17,19). The molecule has 2 N–H and O–H groups in total. The van der Waals surface area contributed by atoms with E-state index in [9.17, 15) is 9.90 Å². The van der Waals surface area contributed by atoms with Gasteiger partial charge in [-0.05, 0) is 44.4 Å². The van der Waals surface area contributed by atoms with Crippen LogP contribution in [0.15, 0.2) is 24.3 Å². The van der Waals surface area contributed by atoms with Crippen molar-refractivity contribution in [1.82, 2.24) is 5.32 Å². The Morgan fingerprint density at radius 1 is 1.35 bits per heavy atom. The second-order valence-electron chi connectivity index (χ2n) is 5.46. The second kappa shape index (κ2) is 7.29. The first-order valence-corrected chi connectivity index (χ1v) is 7.02. The maximum absolute atomic E-state index is 12.3. The highest BCUT2D eigenvalue weighted by Crippen LogP contribution is 2.25. The molecule has 4 heteroatoms. The van der Waals surface area contributed by atoms with Crippen molar-refractivity contribution in [2.45, 2.75) is 45.1 Å². The predicted octanol–water partition coefficient (Wildman–Crippen LogP) is 2.25. The van der Waals surface area contributed by atoms with Gasteiger partial charge >= 0.3 is 0 Å². The van der Waals surface area contributed by atoms with Crippen molar-refractivity contribution in [2.75, 3.05) is 13.7 Å². The van der Waals surface area contributed by atoms with E-state index in [2.05, 4.69) is 5.32 Å². The highest BCUT2D eigenvalue weighted by atomic mass is 16.5. The molecule has 0 aliphatic rings. The Kier molecular flexibility index (Phi) is 6.02. The van der Waals surface area contributed by atoms with Crippen LogP contribution in [0.4, 0.5) is 0 Å². The van der Waals surface area contributed by atoms with Crippen LogP contribution in [0.3, 0.4) is 0 Å². The van der Waals surface area contributed by atoms with E-state index in [4.69, 9.17) is 4.74 Å². The van der Waals surface area contributed by atoms with Gasteiger partial charge in [0.2, 0.25) is 5.91 Å². The van der Waals surface area contributed by atoms with Gasteiger partial charge in [0.15, 0.2) is 0 Å². The molecule has 0 aliphatic heterocycles. The lowest BCUT2D eigenvalue weighted by molar-refractivity contribution is -0.125. The maximum Gasteiger partial charge on any atom is 0.230 e. The molecule has 20 heavy (non-hydrogen) atoms. The molecule has 1 atom stereocenters. The van der Waals surface area contributed by atoms with Crippen molar-refractivity contribution in [3.8, 4) is 5.75 Å². The molecule has 112 valence electrons. The van der Waals surface area contributed by atoms with Gasteiger partial charge in [0.25, 0.3) is 0 Å². The maximum atomic E-state index is 12.3. The largest absolute Gasteiger partial charge is 0.497 e. The number of methoxy groups -OCH3 is 1. The summed E-state index contributed by atoms with van der Waals surface area (Å²) in [7, 11) is 1.62. The van der Waals surface area contributed by atoms with E-state index >= 15 is 0 Å². The van der Waals surface area contributed by atoms with E-state index < -0.39 is 5.41 Å². The molecule has 0 aliphatic carbocycles. The lowest BCUT2D eigenvalue weighted by Gasteiger charge is -2.24. The Balaban J connectivity index is 2.63. The van der Waals surface area contributed by atoms with Crippen LogP contribution in [0, 0.1) is 0 Å². The molecule has 0 fully saturated rings. The Morgan fingerprint density at radius 3 is 2.45 bits per heavy atom. The van der Waals surface area contributed by atoms with Crippen molar-refractivity contribution >= 4 is 5.91 Å². The summed E-state index contributed by atoms with van der Waals surface area (Å²) in [5, 5.41) is 12.4. The number of amides is 1. The van der Waals surface area contributed by atoms with Gasteiger partial charge in [-0.1, -0.05) is 19.1 Å². The Labute approximate surface area is 121 Å². The van der Waals surface area contributed by atoms with E-state index in [0.717, 1.165) is 11.3 Å². The number of nitrogens with one attached hydrogen (secondary N) is 1. The minimum atomic E-state index is -0.608. The van der Waals surface area contributed by atoms with E-state index in [0.29, 0.717) is 19.4 Å². The fourth-order valence-corrected chi connectivity index (χ4v) is 1.92. The van der Waals surface area contributed by atoms with E-state index in [1.54, 1.807) is 7.11 Å². The molecular formula is C16H25NO3. The molecule has 0 bridgehead atoms. The summed E-state index contributed by atoms with van der Waals surface area (Å²) in [6.45, 7) is 6.20. The van der Waals surface area contributed by atoms with Gasteiger partial charge in [-0.2, -0.15) is 0 Å². The lowest BCUT2D eigenvalue weighted by atomic mass is 9.83. The van der Waals surface area contributed by atoms with Gasteiger partial charge in [-0.25, -0.2) is 0 Å².